The second-order valence-corrected chi connectivity index (χ2v) is 9.59. The normalized spacial score (nSPS) is 12.0. The van der Waals surface area contributed by atoms with Crippen LogP contribution >= 0.6 is 31.9 Å². The number of hydrogen-bond acceptors (Lipinski definition) is 4. The largest absolute Gasteiger partial charge is 0.490 e. The lowest BCUT2D eigenvalue weighted by Crippen LogP contribution is -2.19. The predicted molar refractivity (Wildman–Crippen MR) is 110 cm³/mol. The number of benzene rings is 2. The van der Waals surface area contributed by atoms with Gasteiger partial charge in [-0.15, -0.1) is 0 Å². The van der Waals surface area contributed by atoms with Crippen LogP contribution in [0.2, 0.25) is 0 Å². The second-order valence-electron chi connectivity index (χ2n) is 6.04. The lowest BCUT2D eigenvalue weighted by Gasteiger charge is -2.10. The minimum Gasteiger partial charge on any atom is -0.490 e. The van der Waals surface area contributed by atoms with Crippen molar-refractivity contribution in [1.29, 1.82) is 0 Å². The summed E-state index contributed by atoms with van der Waals surface area (Å²) in [5.41, 5.74) is 0.573. The van der Waals surface area contributed by atoms with Crippen LogP contribution in [0.4, 0.5) is 0 Å². The summed E-state index contributed by atoms with van der Waals surface area (Å²) in [5.74, 6) is 0.541. The molecule has 0 radical (unpaired) electrons. The Hall–Kier alpha value is -1.35. The zero-order valence-electron chi connectivity index (χ0n) is 14.3. The van der Waals surface area contributed by atoms with Crippen LogP contribution in [0.15, 0.2) is 62.5 Å². The number of halogens is 2. The van der Waals surface area contributed by atoms with E-state index in [0.29, 0.717) is 22.3 Å². The van der Waals surface area contributed by atoms with Gasteiger partial charge in [-0.25, -0.2) is 12.4 Å². The van der Waals surface area contributed by atoms with Crippen molar-refractivity contribution >= 4 is 52.8 Å². The summed E-state index contributed by atoms with van der Waals surface area (Å²) in [6.45, 7) is 1.20. The molecule has 0 aliphatic carbocycles. The van der Waals surface area contributed by atoms with Crippen molar-refractivity contribution in [3.63, 3.8) is 0 Å². The molecular weight excluding hydrogens is 484 g/mol. The maximum absolute atomic E-state index is 13.2. The van der Waals surface area contributed by atoms with Gasteiger partial charge in [0.05, 0.1) is 11.7 Å². The van der Waals surface area contributed by atoms with Crippen LogP contribution in [-0.2, 0) is 10.0 Å². The summed E-state index contributed by atoms with van der Waals surface area (Å²) >= 11 is 6.78. The first-order valence-corrected chi connectivity index (χ1v) is 10.9. The van der Waals surface area contributed by atoms with Gasteiger partial charge in [-0.05, 0) is 60.4 Å². The predicted octanol–water partition coefficient (Wildman–Crippen LogP) is 4.34. The van der Waals surface area contributed by atoms with Gasteiger partial charge in [-0.2, -0.15) is 0 Å². The molecular formula is C18H18Br2N2O3S. The van der Waals surface area contributed by atoms with E-state index in [2.05, 4.69) is 31.9 Å². The number of hydrogen-bond donors (Lipinski definition) is 0. The zero-order chi connectivity index (χ0) is 18.9. The van der Waals surface area contributed by atoms with Crippen LogP contribution in [0.3, 0.4) is 0 Å². The van der Waals surface area contributed by atoms with E-state index >= 15 is 0 Å². The van der Waals surface area contributed by atoms with E-state index in [1.165, 1.54) is 3.97 Å². The van der Waals surface area contributed by atoms with Crippen molar-refractivity contribution in [2.75, 3.05) is 27.2 Å². The smallest absolute Gasteiger partial charge is 0.269 e. The first-order valence-electron chi connectivity index (χ1n) is 7.89. The van der Waals surface area contributed by atoms with Crippen molar-refractivity contribution in [3.05, 3.63) is 57.6 Å². The summed E-state index contributed by atoms with van der Waals surface area (Å²) in [4.78, 5) is 2.21. The number of aromatic nitrogens is 1. The molecule has 5 nitrogen and oxygen atoms in total. The molecule has 0 saturated carbocycles. The monoisotopic (exact) mass is 500 g/mol. The van der Waals surface area contributed by atoms with Gasteiger partial charge in [-0.1, -0.05) is 28.1 Å². The molecule has 0 aliphatic rings. The third-order valence-electron chi connectivity index (χ3n) is 3.87. The van der Waals surface area contributed by atoms with Gasteiger partial charge in [0, 0.05) is 20.9 Å². The van der Waals surface area contributed by atoms with Gasteiger partial charge in [0.2, 0.25) is 0 Å². The standard InChI is InChI=1S/C18H18Br2N2O3S/c1-21(2)9-10-25-17-12-22(16-8-7-13(19)11-14(16)17)26(23,24)18-6-4-3-5-15(18)20/h3-8,11-12H,9-10H2,1-2H3. The van der Waals surface area contributed by atoms with Gasteiger partial charge in [0.1, 0.15) is 17.3 Å². The molecule has 0 aliphatic heterocycles. The van der Waals surface area contributed by atoms with Crippen LogP contribution in [-0.4, -0.2) is 44.5 Å². The molecule has 2 aromatic carbocycles. The number of nitrogens with zero attached hydrogens (tertiary/aromatic N) is 2. The quantitative estimate of drug-likeness (QED) is 0.504. The van der Waals surface area contributed by atoms with E-state index in [-0.39, 0.29) is 4.90 Å². The summed E-state index contributed by atoms with van der Waals surface area (Å²) in [6.07, 6.45) is 1.54. The third-order valence-corrected chi connectivity index (χ3v) is 7.04. The fourth-order valence-electron chi connectivity index (χ4n) is 2.56. The van der Waals surface area contributed by atoms with Crippen molar-refractivity contribution in [2.24, 2.45) is 0 Å². The summed E-state index contributed by atoms with van der Waals surface area (Å²) < 4.78 is 34.9. The maximum Gasteiger partial charge on any atom is 0.269 e. The molecule has 0 saturated heterocycles. The number of ether oxygens (including phenoxy) is 1. The van der Waals surface area contributed by atoms with Gasteiger partial charge < -0.3 is 9.64 Å². The van der Waals surface area contributed by atoms with Gasteiger partial charge in [0.25, 0.3) is 10.0 Å². The molecule has 0 unspecified atom stereocenters. The summed E-state index contributed by atoms with van der Waals surface area (Å²) in [6, 6.07) is 12.2. The van der Waals surface area contributed by atoms with Gasteiger partial charge >= 0.3 is 0 Å². The van der Waals surface area contributed by atoms with Crippen LogP contribution < -0.4 is 4.74 Å². The average Bonchev–Trinajstić information content (AvgIpc) is 2.93. The van der Waals surface area contributed by atoms with Crippen LogP contribution in [0.1, 0.15) is 0 Å². The minimum absolute atomic E-state index is 0.208. The topological polar surface area (TPSA) is 51.5 Å². The molecule has 26 heavy (non-hydrogen) atoms. The molecule has 0 atom stereocenters. The number of likely N-dealkylation sites (N-methyl/N-ethyl adjacent to an activating group) is 1. The third kappa shape index (κ3) is 3.83. The maximum atomic E-state index is 13.2. The minimum atomic E-state index is -3.77. The lowest BCUT2D eigenvalue weighted by molar-refractivity contribution is 0.263. The Balaban J connectivity index is 2.13. The molecule has 0 amide bonds. The van der Waals surface area contributed by atoms with E-state index in [4.69, 9.17) is 4.74 Å². The highest BCUT2D eigenvalue weighted by molar-refractivity contribution is 9.10. The summed E-state index contributed by atoms with van der Waals surface area (Å²) in [7, 11) is 0.152. The Morgan fingerprint density at radius 2 is 1.85 bits per heavy atom. The highest BCUT2D eigenvalue weighted by Gasteiger charge is 2.24. The fourth-order valence-corrected chi connectivity index (χ4v) is 5.24. The van der Waals surface area contributed by atoms with Gasteiger partial charge in [-0.3, -0.25) is 0 Å². The molecule has 8 heteroatoms. The Bertz CT molecular complexity index is 1050. The number of rotatable bonds is 6. The molecule has 3 aromatic rings. The van der Waals surface area contributed by atoms with E-state index in [9.17, 15) is 8.42 Å². The van der Waals surface area contributed by atoms with Crippen LogP contribution in [0.25, 0.3) is 10.9 Å². The van der Waals surface area contributed by atoms with E-state index in [1.807, 2.05) is 31.1 Å². The van der Waals surface area contributed by atoms with E-state index in [1.54, 1.807) is 36.5 Å². The molecule has 3 rings (SSSR count). The average molecular weight is 502 g/mol. The first-order chi connectivity index (χ1) is 12.3. The van der Waals surface area contributed by atoms with Crippen LogP contribution in [0, 0.1) is 0 Å². The molecule has 0 spiro atoms. The van der Waals surface area contributed by atoms with Crippen LogP contribution in [0.5, 0.6) is 5.75 Å². The molecule has 0 bridgehead atoms. The highest BCUT2D eigenvalue weighted by atomic mass is 79.9. The van der Waals surface area contributed by atoms with Crippen molar-refractivity contribution in [1.82, 2.24) is 8.87 Å². The fraction of sp³-hybridized carbons (Fsp3) is 0.222. The summed E-state index contributed by atoms with van der Waals surface area (Å²) in [5, 5.41) is 0.744. The van der Waals surface area contributed by atoms with E-state index in [0.717, 1.165) is 16.4 Å². The SMILES string of the molecule is CN(C)CCOc1cn(S(=O)(=O)c2ccccc2Br)c2ccc(Br)cc12. The van der Waals surface area contributed by atoms with Gasteiger partial charge in [0.15, 0.2) is 0 Å². The Morgan fingerprint density at radius 3 is 2.54 bits per heavy atom. The first kappa shape index (κ1) is 19.4. The van der Waals surface area contributed by atoms with E-state index < -0.39 is 10.0 Å². The highest BCUT2D eigenvalue weighted by Crippen LogP contribution is 2.34. The Labute approximate surface area is 169 Å². The number of fused-ring (bicyclic) bond motifs is 1. The molecule has 138 valence electrons. The molecule has 1 aromatic heterocycles. The Morgan fingerprint density at radius 1 is 1.12 bits per heavy atom. The van der Waals surface area contributed by atoms with Crippen molar-refractivity contribution in [3.8, 4) is 5.75 Å². The molecule has 1 heterocycles. The molecule has 0 fully saturated rings. The molecule has 0 N–H and O–H groups in total. The Kier molecular flexibility index (Phi) is 5.76. The lowest BCUT2D eigenvalue weighted by atomic mass is 10.2. The van der Waals surface area contributed by atoms with Crippen molar-refractivity contribution < 1.29 is 13.2 Å². The van der Waals surface area contributed by atoms with Crippen molar-refractivity contribution in [2.45, 2.75) is 4.90 Å². The zero-order valence-corrected chi connectivity index (χ0v) is 18.3. The second kappa shape index (κ2) is 7.72.